The summed E-state index contributed by atoms with van der Waals surface area (Å²) in [6.45, 7) is 1.89. The predicted octanol–water partition coefficient (Wildman–Crippen LogP) is 1.12. The lowest BCUT2D eigenvalue weighted by atomic mass is 10.3. The van der Waals surface area contributed by atoms with Crippen molar-refractivity contribution in [1.82, 2.24) is 5.32 Å². The molecular weight excluding hydrogens is 252 g/mol. The Hall–Kier alpha value is -2.15. The van der Waals surface area contributed by atoms with Crippen LogP contribution >= 0.6 is 0 Å². The first kappa shape index (κ1) is 14.9. The first-order chi connectivity index (χ1) is 9.04. The number of carbonyl (C=O) groups is 1. The molecule has 0 aliphatic heterocycles. The molecule has 0 heterocycles. The van der Waals surface area contributed by atoms with Crippen molar-refractivity contribution in [2.75, 3.05) is 20.3 Å². The van der Waals surface area contributed by atoms with Gasteiger partial charge in [-0.25, -0.2) is 0 Å². The average molecular weight is 268 g/mol. The molecule has 0 saturated carbocycles. The summed E-state index contributed by atoms with van der Waals surface area (Å²) in [6.07, 6.45) is 0. The van der Waals surface area contributed by atoms with Gasteiger partial charge in [-0.05, 0) is 13.0 Å². The summed E-state index contributed by atoms with van der Waals surface area (Å²) in [4.78, 5) is 21.7. The Morgan fingerprint density at radius 1 is 1.47 bits per heavy atom. The smallest absolute Gasteiger partial charge is 0.310 e. The molecule has 7 nitrogen and oxygen atoms in total. The lowest BCUT2D eigenvalue weighted by molar-refractivity contribution is -0.385. The minimum atomic E-state index is -0.555. The summed E-state index contributed by atoms with van der Waals surface area (Å²) in [5, 5.41) is 13.4. The number of nitrogens with zero attached hydrogens (tertiary/aromatic N) is 1. The fourth-order valence-electron chi connectivity index (χ4n) is 1.48. The molecule has 0 spiro atoms. The zero-order valence-electron chi connectivity index (χ0n) is 10.8. The van der Waals surface area contributed by atoms with Crippen LogP contribution in [0, 0.1) is 10.1 Å². The number of ether oxygens (including phenoxy) is 2. The minimum absolute atomic E-state index is 0.0713. The van der Waals surface area contributed by atoms with Crippen LogP contribution in [0.3, 0.4) is 0 Å². The van der Waals surface area contributed by atoms with Crippen LogP contribution in [0.4, 0.5) is 5.69 Å². The second-order valence-electron chi connectivity index (χ2n) is 3.94. The van der Waals surface area contributed by atoms with E-state index in [4.69, 9.17) is 9.47 Å². The molecule has 1 atom stereocenters. The van der Waals surface area contributed by atoms with E-state index in [1.54, 1.807) is 13.0 Å². The third-order valence-electron chi connectivity index (χ3n) is 2.24. The molecule has 0 aliphatic carbocycles. The van der Waals surface area contributed by atoms with Crippen LogP contribution in [0.15, 0.2) is 24.3 Å². The van der Waals surface area contributed by atoms with E-state index in [2.05, 4.69) is 5.32 Å². The predicted molar refractivity (Wildman–Crippen MR) is 68.1 cm³/mol. The molecule has 1 N–H and O–H groups in total. The van der Waals surface area contributed by atoms with Crippen molar-refractivity contribution in [1.29, 1.82) is 0 Å². The van der Waals surface area contributed by atoms with Gasteiger partial charge in [-0.1, -0.05) is 12.1 Å². The number of nitro groups is 1. The van der Waals surface area contributed by atoms with Crippen LogP contribution in [0.1, 0.15) is 6.92 Å². The van der Waals surface area contributed by atoms with E-state index in [0.717, 1.165) is 0 Å². The standard InChI is InChI=1S/C12H16N2O5/c1-9(7-18-2)13-12(15)8-19-11-6-4-3-5-10(11)14(16)17/h3-6,9H,7-8H2,1-2H3,(H,13,15)/t9-/m1/s1. The Balaban J connectivity index is 2.53. The van der Waals surface area contributed by atoms with Gasteiger partial charge in [0.25, 0.3) is 5.91 Å². The number of hydrogen-bond donors (Lipinski definition) is 1. The number of para-hydroxylation sites is 2. The topological polar surface area (TPSA) is 90.7 Å². The highest BCUT2D eigenvalue weighted by atomic mass is 16.6. The maximum Gasteiger partial charge on any atom is 0.310 e. The molecular formula is C12H16N2O5. The normalized spacial score (nSPS) is 11.7. The maximum atomic E-state index is 11.5. The third-order valence-corrected chi connectivity index (χ3v) is 2.24. The summed E-state index contributed by atoms with van der Waals surface area (Å²) in [5.74, 6) is -0.287. The third kappa shape index (κ3) is 4.92. The molecule has 0 saturated heterocycles. The van der Waals surface area contributed by atoms with Gasteiger partial charge in [0, 0.05) is 19.2 Å². The van der Waals surface area contributed by atoms with Crippen molar-refractivity contribution in [2.24, 2.45) is 0 Å². The average Bonchev–Trinajstić information content (AvgIpc) is 2.36. The molecule has 1 aromatic rings. The Morgan fingerprint density at radius 3 is 2.79 bits per heavy atom. The monoisotopic (exact) mass is 268 g/mol. The molecule has 0 aromatic heterocycles. The number of rotatable bonds is 7. The van der Waals surface area contributed by atoms with E-state index >= 15 is 0 Å². The lowest BCUT2D eigenvalue weighted by Gasteiger charge is -2.13. The molecule has 1 amide bonds. The number of hydrogen-bond acceptors (Lipinski definition) is 5. The van der Waals surface area contributed by atoms with Crippen molar-refractivity contribution in [2.45, 2.75) is 13.0 Å². The highest BCUT2D eigenvalue weighted by molar-refractivity contribution is 5.78. The fraction of sp³-hybridized carbons (Fsp3) is 0.417. The summed E-state index contributed by atoms with van der Waals surface area (Å²) >= 11 is 0. The van der Waals surface area contributed by atoms with Gasteiger partial charge >= 0.3 is 5.69 Å². The summed E-state index contributed by atoms with van der Waals surface area (Å²) in [6, 6.07) is 5.76. The Kier molecular flexibility index (Phi) is 5.74. The van der Waals surface area contributed by atoms with Gasteiger partial charge in [0.1, 0.15) is 0 Å². The Labute approximate surface area is 110 Å². The number of benzene rings is 1. The van der Waals surface area contributed by atoms with Crippen molar-refractivity contribution >= 4 is 11.6 Å². The molecule has 0 radical (unpaired) electrons. The Morgan fingerprint density at radius 2 is 2.16 bits per heavy atom. The largest absolute Gasteiger partial charge is 0.477 e. The minimum Gasteiger partial charge on any atom is -0.477 e. The molecule has 19 heavy (non-hydrogen) atoms. The second kappa shape index (κ2) is 7.32. The van der Waals surface area contributed by atoms with Crippen LogP contribution in [0.25, 0.3) is 0 Å². The van der Waals surface area contributed by atoms with Crippen LogP contribution in [-0.4, -0.2) is 37.2 Å². The first-order valence-electron chi connectivity index (χ1n) is 5.69. The van der Waals surface area contributed by atoms with E-state index in [-0.39, 0.29) is 30.0 Å². The van der Waals surface area contributed by atoms with Gasteiger partial charge in [0.15, 0.2) is 12.4 Å². The quantitative estimate of drug-likeness (QED) is 0.591. The summed E-state index contributed by atoms with van der Waals surface area (Å²) in [7, 11) is 1.53. The number of carbonyl (C=O) groups excluding carboxylic acids is 1. The molecule has 1 aromatic carbocycles. The number of amides is 1. The van der Waals surface area contributed by atoms with Gasteiger partial charge in [0.05, 0.1) is 11.5 Å². The molecule has 0 aliphatic rings. The fourth-order valence-corrected chi connectivity index (χ4v) is 1.48. The maximum absolute atomic E-state index is 11.5. The molecule has 0 bridgehead atoms. The van der Waals surface area contributed by atoms with E-state index in [1.807, 2.05) is 0 Å². The SMILES string of the molecule is COC[C@@H](C)NC(=O)COc1ccccc1[N+](=O)[O-]. The van der Waals surface area contributed by atoms with E-state index in [1.165, 1.54) is 25.3 Å². The molecule has 1 rings (SSSR count). The zero-order chi connectivity index (χ0) is 14.3. The van der Waals surface area contributed by atoms with Gasteiger partial charge < -0.3 is 14.8 Å². The van der Waals surface area contributed by atoms with Crippen LogP contribution in [0.2, 0.25) is 0 Å². The number of nitro benzene ring substituents is 1. The summed E-state index contributed by atoms with van der Waals surface area (Å²) in [5.41, 5.74) is -0.166. The summed E-state index contributed by atoms with van der Waals surface area (Å²) < 4.78 is 10.0. The molecule has 0 fully saturated rings. The van der Waals surface area contributed by atoms with Crippen molar-refractivity contribution in [3.63, 3.8) is 0 Å². The van der Waals surface area contributed by atoms with Crippen LogP contribution in [0.5, 0.6) is 5.75 Å². The van der Waals surface area contributed by atoms with E-state index in [9.17, 15) is 14.9 Å². The van der Waals surface area contributed by atoms with Gasteiger partial charge in [-0.15, -0.1) is 0 Å². The second-order valence-corrected chi connectivity index (χ2v) is 3.94. The van der Waals surface area contributed by atoms with Crippen molar-refractivity contribution < 1.29 is 19.2 Å². The van der Waals surface area contributed by atoms with E-state index < -0.39 is 4.92 Å². The first-order valence-corrected chi connectivity index (χ1v) is 5.69. The van der Waals surface area contributed by atoms with Gasteiger partial charge in [-0.2, -0.15) is 0 Å². The zero-order valence-corrected chi connectivity index (χ0v) is 10.8. The van der Waals surface area contributed by atoms with Gasteiger partial charge in [-0.3, -0.25) is 14.9 Å². The van der Waals surface area contributed by atoms with Gasteiger partial charge in [0.2, 0.25) is 0 Å². The molecule has 0 unspecified atom stereocenters. The number of nitrogens with one attached hydrogen (secondary N) is 1. The Bertz CT molecular complexity index is 450. The highest BCUT2D eigenvalue weighted by Gasteiger charge is 2.15. The number of methoxy groups -OCH3 is 1. The van der Waals surface area contributed by atoms with E-state index in [0.29, 0.717) is 6.61 Å². The highest BCUT2D eigenvalue weighted by Crippen LogP contribution is 2.25. The lowest BCUT2D eigenvalue weighted by Crippen LogP contribution is -2.38. The van der Waals surface area contributed by atoms with Crippen LogP contribution in [-0.2, 0) is 9.53 Å². The van der Waals surface area contributed by atoms with Crippen molar-refractivity contribution in [3.8, 4) is 5.75 Å². The molecule has 104 valence electrons. The van der Waals surface area contributed by atoms with Crippen molar-refractivity contribution in [3.05, 3.63) is 34.4 Å². The molecule has 7 heteroatoms. The van der Waals surface area contributed by atoms with Crippen LogP contribution < -0.4 is 10.1 Å².